The van der Waals surface area contributed by atoms with Crippen molar-refractivity contribution in [3.63, 3.8) is 0 Å². The van der Waals surface area contributed by atoms with E-state index in [2.05, 4.69) is 15.3 Å². The monoisotopic (exact) mass is 519 g/mol. The van der Waals surface area contributed by atoms with Crippen LogP contribution in [-0.2, 0) is 17.7 Å². The molecule has 0 saturated heterocycles. The summed E-state index contributed by atoms with van der Waals surface area (Å²) in [5.74, 6) is -2.23. The summed E-state index contributed by atoms with van der Waals surface area (Å²) >= 11 is 0. The molecular formula is C27H26FN5O5. The van der Waals surface area contributed by atoms with Crippen LogP contribution in [0.25, 0.3) is 5.65 Å². The van der Waals surface area contributed by atoms with Crippen LogP contribution in [0, 0.1) is 12.7 Å². The largest absolute Gasteiger partial charge is 0.477 e. The highest BCUT2D eigenvalue weighted by Crippen LogP contribution is 2.32. The summed E-state index contributed by atoms with van der Waals surface area (Å²) in [6.45, 7) is 2.20. The van der Waals surface area contributed by atoms with Gasteiger partial charge in [0.05, 0.1) is 24.9 Å². The van der Waals surface area contributed by atoms with Crippen molar-refractivity contribution in [1.29, 1.82) is 0 Å². The average molecular weight is 520 g/mol. The number of hydrogen-bond acceptors (Lipinski definition) is 7. The maximum absolute atomic E-state index is 12.7. The molecule has 5 rings (SSSR count). The molecule has 2 aromatic heterocycles. The third-order valence-corrected chi connectivity index (χ3v) is 6.24. The van der Waals surface area contributed by atoms with Crippen molar-refractivity contribution in [3.8, 4) is 0 Å². The number of aromatic carboxylic acids is 1. The number of carboxylic acid groups (broad SMARTS) is 1. The number of carbonyl (C=O) groups is 3. The number of hydrogen-bond donors (Lipinski definition) is 3. The highest BCUT2D eigenvalue weighted by atomic mass is 19.1. The molecule has 0 saturated carbocycles. The SMILES string of the molecule is COC(=O)c1ccc2c(c1)CC[C@@H]2NC(=O)c1cc(C(=O)O)n2cncc2n1.Cc1cc(CN)ccc1F. The maximum Gasteiger partial charge on any atom is 0.353 e. The molecule has 0 unspecified atom stereocenters. The second-order valence-corrected chi connectivity index (χ2v) is 8.71. The number of fused-ring (bicyclic) bond motifs is 2. The van der Waals surface area contributed by atoms with Crippen molar-refractivity contribution in [2.45, 2.75) is 32.4 Å². The lowest BCUT2D eigenvalue weighted by atomic mass is 10.0. The van der Waals surface area contributed by atoms with Gasteiger partial charge < -0.3 is 20.9 Å². The molecule has 0 bridgehead atoms. The fraction of sp³-hybridized carbons (Fsp3) is 0.222. The Morgan fingerprint density at radius 2 is 2.00 bits per heavy atom. The fourth-order valence-corrected chi connectivity index (χ4v) is 4.27. The molecule has 4 N–H and O–H groups in total. The third-order valence-electron chi connectivity index (χ3n) is 6.24. The van der Waals surface area contributed by atoms with Gasteiger partial charge in [0.25, 0.3) is 5.91 Å². The van der Waals surface area contributed by atoms with E-state index in [-0.39, 0.29) is 28.9 Å². The van der Waals surface area contributed by atoms with Gasteiger partial charge in [-0.25, -0.2) is 23.9 Å². The number of halogens is 1. The Labute approximate surface area is 217 Å². The predicted molar refractivity (Wildman–Crippen MR) is 135 cm³/mol. The third kappa shape index (κ3) is 5.52. The number of methoxy groups -OCH3 is 1. The summed E-state index contributed by atoms with van der Waals surface area (Å²) < 4.78 is 18.6. The number of nitrogens with two attached hydrogens (primary N) is 1. The lowest BCUT2D eigenvalue weighted by Gasteiger charge is -2.14. The molecule has 4 aromatic rings. The summed E-state index contributed by atoms with van der Waals surface area (Å²) in [5.41, 5.74) is 9.52. The number of carboxylic acids is 1. The minimum absolute atomic E-state index is 0.00466. The molecule has 10 nitrogen and oxygen atoms in total. The molecule has 0 radical (unpaired) electrons. The van der Waals surface area contributed by atoms with Gasteiger partial charge in [-0.2, -0.15) is 0 Å². The first-order chi connectivity index (χ1) is 18.2. The molecule has 0 spiro atoms. The number of benzene rings is 2. The first kappa shape index (κ1) is 26.4. The number of aromatic nitrogens is 3. The Morgan fingerprint density at radius 1 is 1.21 bits per heavy atom. The van der Waals surface area contributed by atoms with E-state index in [0.29, 0.717) is 30.5 Å². The van der Waals surface area contributed by atoms with E-state index >= 15 is 0 Å². The molecule has 1 aliphatic carbocycles. The Balaban J connectivity index is 0.000000283. The van der Waals surface area contributed by atoms with Crippen LogP contribution in [-0.4, -0.2) is 44.4 Å². The number of aryl methyl sites for hydroxylation is 2. The van der Waals surface area contributed by atoms with Gasteiger partial charge in [0, 0.05) is 12.6 Å². The van der Waals surface area contributed by atoms with E-state index in [1.54, 1.807) is 37.3 Å². The summed E-state index contributed by atoms with van der Waals surface area (Å²) in [7, 11) is 1.33. The predicted octanol–water partition coefficient (Wildman–Crippen LogP) is 3.22. The highest BCUT2D eigenvalue weighted by Gasteiger charge is 2.26. The molecule has 196 valence electrons. The number of rotatable bonds is 5. The first-order valence-corrected chi connectivity index (χ1v) is 11.7. The van der Waals surface area contributed by atoms with Gasteiger partial charge in [0.1, 0.15) is 23.5 Å². The van der Waals surface area contributed by atoms with Gasteiger partial charge in [-0.3, -0.25) is 9.20 Å². The van der Waals surface area contributed by atoms with E-state index < -0.39 is 17.8 Å². The molecule has 1 amide bonds. The first-order valence-electron chi connectivity index (χ1n) is 11.7. The number of carbonyl (C=O) groups excluding carboxylic acids is 2. The molecular weight excluding hydrogens is 493 g/mol. The summed E-state index contributed by atoms with van der Waals surface area (Å²) in [6, 6.07) is 11.1. The maximum atomic E-state index is 12.7. The van der Waals surface area contributed by atoms with Crippen molar-refractivity contribution < 1.29 is 28.6 Å². The van der Waals surface area contributed by atoms with E-state index in [4.69, 9.17) is 10.5 Å². The van der Waals surface area contributed by atoms with E-state index in [1.807, 2.05) is 0 Å². The van der Waals surface area contributed by atoms with E-state index in [0.717, 1.165) is 16.7 Å². The highest BCUT2D eigenvalue weighted by molar-refractivity contribution is 5.96. The van der Waals surface area contributed by atoms with Crippen LogP contribution >= 0.6 is 0 Å². The Morgan fingerprint density at radius 3 is 2.68 bits per heavy atom. The molecule has 1 atom stereocenters. The van der Waals surface area contributed by atoms with Gasteiger partial charge >= 0.3 is 11.9 Å². The van der Waals surface area contributed by atoms with Gasteiger partial charge in [-0.15, -0.1) is 0 Å². The van der Waals surface area contributed by atoms with Crippen molar-refractivity contribution in [2.75, 3.05) is 7.11 Å². The topological polar surface area (TPSA) is 149 Å². The van der Waals surface area contributed by atoms with Crippen LogP contribution in [0.1, 0.15) is 66.1 Å². The lowest BCUT2D eigenvalue weighted by molar-refractivity contribution is 0.0599. The minimum Gasteiger partial charge on any atom is -0.477 e. The zero-order chi connectivity index (χ0) is 27.4. The smallest absolute Gasteiger partial charge is 0.353 e. The summed E-state index contributed by atoms with van der Waals surface area (Å²) in [4.78, 5) is 43.9. The molecule has 2 aromatic carbocycles. The summed E-state index contributed by atoms with van der Waals surface area (Å²) in [6.07, 6.45) is 4.11. The van der Waals surface area contributed by atoms with Crippen LogP contribution in [0.3, 0.4) is 0 Å². The Bertz CT molecular complexity index is 1530. The number of nitrogens with zero attached hydrogens (tertiary/aromatic N) is 3. The zero-order valence-electron chi connectivity index (χ0n) is 20.8. The van der Waals surface area contributed by atoms with Gasteiger partial charge in [-0.05, 0) is 60.2 Å². The van der Waals surface area contributed by atoms with Crippen LogP contribution < -0.4 is 11.1 Å². The van der Waals surface area contributed by atoms with Gasteiger partial charge in [0.2, 0.25) is 0 Å². The molecule has 11 heteroatoms. The molecule has 2 heterocycles. The summed E-state index contributed by atoms with van der Waals surface area (Å²) in [5, 5.41) is 12.3. The van der Waals surface area contributed by atoms with Gasteiger partial charge in [-0.1, -0.05) is 18.2 Å². The molecule has 38 heavy (non-hydrogen) atoms. The van der Waals surface area contributed by atoms with Crippen LogP contribution in [0.4, 0.5) is 4.39 Å². The average Bonchev–Trinajstić information content (AvgIpc) is 3.56. The van der Waals surface area contributed by atoms with Crippen molar-refractivity contribution in [1.82, 2.24) is 19.7 Å². The number of nitrogens with one attached hydrogen (secondary N) is 1. The Hall–Kier alpha value is -4.64. The van der Waals surface area contributed by atoms with E-state index in [9.17, 15) is 23.9 Å². The van der Waals surface area contributed by atoms with Crippen LogP contribution in [0.2, 0.25) is 0 Å². The molecule has 0 aliphatic heterocycles. The number of amides is 1. The molecule has 0 fully saturated rings. The van der Waals surface area contributed by atoms with Crippen molar-refractivity contribution in [3.05, 3.63) is 100 Å². The second-order valence-electron chi connectivity index (χ2n) is 8.71. The number of imidazole rings is 1. The number of ether oxygens (including phenoxy) is 1. The standard InChI is InChI=1S/C19H16N4O5.C8H10FN/c1-28-19(27)11-2-4-12-10(6-11)3-5-13(12)22-17(24)14-7-15(18(25)26)23-9-20-8-16(23)21-14;1-6-4-7(5-10)2-3-8(6)9/h2,4,6-9,13H,3,5H2,1H3,(H,22,24)(H,25,26);2-4H,5,10H2,1H3/t13-;/m0./s1. The normalized spacial score (nSPS) is 13.8. The quantitative estimate of drug-likeness (QED) is 0.340. The van der Waals surface area contributed by atoms with E-state index in [1.165, 1.54) is 36.2 Å². The number of esters is 1. The fourth-order valence-electron chi connectivity index (χ4n) is 4.27. The van der Waals surface area contributed by atoms with Crippen LogP contribution in [0.5, 0.6) is 0 Å². The zero-order valence-corrected chi connectivity index (χ0v) is 20.8. The lowest BCUT2D eigenvalue weighted by Crippen LogP contribution is -2.28. The molecule has 1 aliphatic rings. The van der Waals surface area contributed by atoms with Gasteiger partial charge in [0.15, 0.2) is 5.65 Å². The van der Waals surface area contributed by atoms with Crippen molar-refractivity contribution >= 4 is 23.5 Å². The van der Waals surface area contributed by atoms with Crippen molar-refractivity contribution in [2.24, 2.45) is 5.73 Å². The minimum atomic E-state index is -1.18. The van der Waals surface area contributed by atoms with Crippen LogP contribution in [0.15, 0.2) is 55.0 Å². The Kier molecular flexibility index (Phi) is 7.77. The second kappa shape index (κ2) is 11.2.